The molecular weight excluding hydrogens is 422 g/mol. The van der Waals surface area contributed by atoms with Crippen LogP contribution in [0.3, 0.4) is 0 Å². The van der Waals surface area contributed by atoms with E-state index in [1.165, 1.54) is 0 Å². The molecule has 32 heavy (non-hydrogen) atoms. The van der Waals surface area contributed by atoms with Gasteiger partial charge in [-0.3, -0.25) is 4.79 Å². The molecule has 3 aromatic carbocycles. The van der Waals surface area contributed by atoms with Crippen LogP contribution in [-0.2, 0) is 0 Å². The van der Waals surface area contributed by atoms with E-state index in [1.54, 1.807) is 19.2 Å². The summed E-state index contributed by atoms with van der Waals surface area (Å²) in [5, 5.41) is 3.39. The maximum Gasteiger partial charge on any atom is 0.251 e. The van der Waals surface area contributed by atoms with Crippen LogP contribution >= 0.6 is 11.6 Å². The Kier molecular flexibility index (Phi) is 8.18. The van der Waals surface area contributed by atoms with Gasteiger partial charge in [0.2, 0.25) is 0 Å². The Morgan fingerprint density at radius 1 is 0.969 bits per heavy atom. The van der Waals surface area contributed by atoms with E-state index in [0.717, 1.165) is 23.1 Å². The Morgan fingerprint density at radius 3 is 2.25 bits per heavy atom. The highest BCUT2D eigenvalue weighted by Crippen LogP contribution is 2.37. The minimum absolute atomic E-state index is 0.168. The summed E-state index contributed by atoms with van der Waals surface area (Å²) >= 11 is 6.42. The van der Waals surface area contributed by atoms with Crippen LogP contribution in [0.2, 0.25) is 5.02 Å². The molecule has 3 rings (SSSR count). The predicted molar refractivity (Wildman–Crippen MR) is 131 cm³/mol. The maximum atomic E-state index is 12.9. The fraction of sp³-hybridized carbons (Fsp3) is 0.296. The molecule has 0 aliphatic rings. The molecule has 0 aliphatic carbocycles. The summed E-state index contributed by atoms with van der Waals surface area (Å²) in [6, 6.07) is 21.5. The topological polar surface area (TPSA) is 47.6 Å². The molecule has 3 aromatic rings. The first kappa shape index (κ1) is 23.7. The molecular formula is C27H30ClNO3. The van der Waals surface area contributed by atoms with Gasteiger partial charge in [-0.05, 0) is 48.1 Å². The lowest BCUT2D eigenvalue weighted by molar-refractivity contribution is 0.0939. The molecule has 0 aliphatic heterocycles. The highest BCUT2D eigenvalue weighted by atomic mass is 35.5. The number of ether oxygens (including phenoxy) is 2. The average Bonchev–Trinajstić information content (AvgIpc) is 2.80. The quantitative estimate of drug-likeness (QED) is 0.383. The number of amides is 1. The molecule has 0 bridgehead atoms. The first-order valence-electron chi connectivity index (χ1n) is 10.9. The third kappa shape index (κ3) is 6.04. The fourth-order valence-electron chi connectivity index (χ4n) is 3.35. The van der Waals surface area contributed by atoms with Gasteiger partial charge in [-0.15, -0.1) is 0 Å². The number of hydrogen-bond donors (Lipinski definition) is 1. The van der Waals surface area contributed by atoms with Gasteiger partial charge in [0.25, 0.3) is 5.91 Å². The summed E-state index contributed by atoms with van der Waals surface area (Å²) in [4.78, 5) is 12.9. The van der Waals surface area contributed by atoms with Crippen LogP contribution in [0.5, 0.6) is 11.5 Å². The molecule has 1 atom stereocenters. The zero-order chi connectivity index (χ0) is 23.1. The van der Waals surface area contributed by atoms with E-state index in [2.05, 4.69) is 43.4 Å². The monoisotopic (exact) mass is 451 g/mol. The van der Waals surface area contributed by atoms with Crippen molar-refractivity contribution < 1.29 is 14.3 Å². The molecule has 0 radical (unpaired) electrons. The van der Waals surface area contributed by atoms with Crippen molar-refractivity contribution in [3.05, 3.63) is 82.9 Å². The van der Waals surface area contributed by atoms with E-state index >= 15 is 0 Å². The third-order valence-corrected chi connectivity index (χ3v) is 5.58. The second kappa shape index (κ2) is 11.1. The van der Waals surface area contributed by atoms with Gasteiger partial charge in [0.1, 0.15) is 0 Å². The van der Waals surface area contributed by atoms with E-state index in [1.807, 2.05) is 37.3 Å². The van der Waals surface area contributed by atoms with Gasteiger partial charge in [0.05, 0.1) is 24.8 Å². The van der Waals surface area contributed by atoms with Crippen LogP contribution in [0.4, 0.5) is 0 Å². The minimum atomic E-state index is -0.224. The molecule has 0 aromatic heterocycles. The van der Waals surface area contributed by atoms with E-state index in [4.69, 9.17) is 21.1 Å². The van der Waals surface area contributed by atoms with Gasteiger partial charge in [-0.25, -0.2) is 0 Å². The Labute approximate surface area is 195 Å². The molecule has 0 fully saturated rings. The number of benzene rings is 3. The van der Waals surface area contributed by atoms with Gasteiger partial charge in [-0.1, -0.05) is 80.0 Å². The van der Waals surface area contributed by atoms with Crippen molar-refractivity contribution in [2.75, 3.05) is 13.7 Å². The van der Waals surface area contributed by atoms with Crippen LogP contribution in [0, 0.1) is 5.92 Å². The van der Waals surface area contributed by atoms with Crippen molar-refractivity contribution in [2.24, 2.45) is 5.92 Å². The normalized spacial score (nSPS) is 11.8. The van der Waals surface area contributed by atoms with E-state index < -0.39 is 0 Å². The number of carbonyl (C=O) groups is 1. The van der Waals surface area contributed by atoms with E-state index in [0.29, 0.717) is 34.6 Å². The van der Waals surface area contributed by atoms with E-state index in [-0.39, 0.29) is 11.9 Å². The van der Waals surface area contributed by atoms with Crippen LogP contribution in [0.25, 0.3) is 11.1 Å². The molecule has 168 valence electrons. The highest BCUT2D eigenvalue weighted by molar-refractivity contribution is 6.32. The average molecular weight is 452 g/mol. The summed E-state index contributed by atoms with van der Waals surface area (Å²) in [7, 11) is 1.54. The second-order valence-electron chi connectivity index (χ2n) is 8.20. The van der Waals surface area contributed by atoms with Crippen LogP contribution in [0.1, 0.15) is 49.2 Å². The SMILES string of the molecule is COc1cc(C(=O)NC(C)c2ccc(-c3ccccc3)cc2)cc(Cl)c1OCCC(C)C. The third-order valence-electron chi connectivity index (χ3n) is 5.30. The summed E-state index contributed by atoms with van der Waals surface area (Å²) in [5.74, 6) is 1.22. The van der Waals surface area contributed by atoms with Gasteiger partial charge in [-0.2, -0.15) is 0 Å². The van der Waals surface area contributed by atoms with Crippen molar-refractivity contribution in [1.29, 1.82) is 0 Å². The summed E-state index contributed by atoms with van der Waals surface area (Å²) in [6.07, 6.45) is 0.905. The predicted octanol–water partition coefficient (Wildman–Crippen LogP) is 6.93. The first-order valence-corrected chi connectivity index (χ1v) is 11.2. The van der Waals surface area contributed by atoms with Crippen LogP contribution < -0.4 is 14.8 Å². The zero-order valence-electron chi connectivity index (χ0n) is 19.0. The van der Waals surface area contributed by atoms with Crippen molar-refractivity contribution in [3.63, 3.8) is 0 Å². The summed E-state index contributed by atoms with van der Waals surface area (Å²) in [6.45, 7) is 6.75. The molecule has 1 unspecified atom stereocenters. The molecule has 4 nitrogen and oxygen atoms in total. The fourth-order valence-corrected chi connectivity index (χ4v) is 3.61. The standard InChI is InChI=1S/C27H30ClNO3/c1-18(2)14-15-32-26-24(28)16-23(17-25(26)31-4)27(30)29-19(3)20-10-12-22(13-11-20)21-8-6-5-7-9-21/h5-13,16-19H,14-15H2,1-4H3,(H,29,30). The smallest absolute Gasteiger partial charge is 0.251 e. The van der Waals surface area contributed by atoms with Crippen molar-refractivity contribution in [2.45, 2.75) is 33.2 Å². The Hall–Kier alpha value is -2.98. The van der Waals surface area contributed by atoms with Gasteiger partial charge >= 0.3 is 0 Å². The Balaban J connectivity index is 1.70. The number of rotatable bonds is 9. The van der Waals surface area contributed by atoms with Crippen molar-refractivity contribution in [1.82, 2.24) is 5.32 Å². The van der Waals surface area contributed by atoms with Gasteiger partial charge in [0.15, 0.2) is 11.5 Å². The van der Waals surface area contributed by atoms with E-state index in [9.17, 15) is 4.79 Å². The molecule has 0 saturated heterocycles. The highest BCUT2D eigenvalue weighted by Gasteiger charge is 2.18. The van der Waals surface area contributed by atoms with Gasteiger partial charge in [0, 0.05) is 5.56 Å². The number of nitrogens with one attached hydrogen (secondary N) is 1. The maximum absolute atomic E-state index is 12.9. The second-order valence-corrected chi connectivity index (χ2v) is 8.61. The molecule has 0 saturated carbocycles. The Morgan fingerprint density at radius 2 is 1.62 bits per heavy atom. The number of halogens is 1. The lowest BCUT2D eigenvalue weighted by Gasteiger charge is -2.17. The molecule has 0 heterocycles. The lowest BCUT2D eigenvalue weighted by Crippen LogP contribution is -2.26. The van der Waals surface area contributed by atoms with Crippen LogP contribution in [0.15, 0.2) is 66.7 Å². The zero-order valence-corrected chi connectivity index (χ0v) is 19.8. The molecule has 1 N–H and O–H groups in total. The van der Waals surface area contributed by atoms with Crippen molar-refractivity contribution in [3.8, 4) is 22.6 Å². The van der Waals surface area contributed by atoms with Gasteiger partial charge < -0.3 is 14.8 Å². The largest absolute Gasteiger partial charge is 0.493 e. The number of carbonyl (C=O) groups excluding carboxylic acids is 1. The lowest BCUT2D eigenvalue weighted by atomic mass is 10.0. The first-order chi connectivity index (χ1) is 15.4. The molecule has 0 spiro atoms. The van der Waals surface area contributed by atoms with Crippen LogP contribution in [-0.4, -0.2) is 19.6 Å². The van der Waals surface area contributed by atoms with Crippen molar-refractivity contribution >= 4 is 17.5 Å². The summed E-state index contributed by atoms with van der Waals surface area (Å²) < 4.78 is 11.2. The minimum Gasteiger partial charge on any atom is -0.493 e. The Bertz CT molecular complexity index is 1030. The summed E-state index contributed by atoms with van der Waals surface area (Å²) in [5.41, 5.74) is 3.74. The molecule has 1 amide bonds. The molecule has 5 heteroatoms. The number of methoxy groups -OCH3 is 1. The number of hydrogen-bond acceptors (Lipinski definition) is 3.